The van der Waals surface area contributed by atoms with Crippen LogP contribution >= 0.6 is 0 Å². The summed E-state index contributed by atoms with van der Waals surface area (Å²) in [5.74, 6) is 0. The van der Waals surface area contributed by atoms with Crippen LogP contribution in [0.5, 0.6) is 0 Å². The van der Waals surface area contributed by atoms with E-state index >= 15 is 0 Å². The maximum Gasteiger partial charge on any atom is 0.254 e. The molecule has 0 bridgehead atoms. The van der Waals surface area contributed by atoms with Crippen molar-refractivity contribution < 1.29 is 4.92 Å². The molecule has 0 aromatic heterocycles. The van der Waals surface area contributed by atoms with E-state index < -0.39 is 0 Å². The molecule has 0 atom stereocenters. The molecular formula is C11H11NO2. The molecule has 0 saturated carbocycles. The fourth-order valence-electron chi connectivity index (χ4n) is 1.95. The first kappa shape index (κ1) is 8.94. The summed E-state index contributed by atoms with van der Waals surface area (Å²) in [4.78, 5) is 10.5. The van der Waals surface area contributed by atoms with E-state index in [0.717, 1.165) is 22.3 Å². The topological polar surface area (TPSA) is 43.1 Å². The van der Waals surface area contributed by atoms with Gasteiger partial charge in [-0.15, -0.1) is 0 Å². The van der Waals surface area contributed by atoms with Crippen LogP contribution in [0.15, 0.2) is 23.9 Å². The van der Waals surface area contributed by atoms with Crippen LogP contribution in [0.3, 0.4) is 0 Å². The molecule has 0 amide bonds. The van der Waals surface area contributed by atoms with Gasteiger partial charge in [-0.1, -0.05) is 18.2 Å². The monoisotopic (exact) mass is 189 g/mol. The Kier molecular flexibility index (Phi) is 1.88. The van der Waals surface area contributed by atoms with E-state index in [4.69, 9.17) is 0 Å². The van der Waals surface area contributed by atoms with Crippen molar-refractivity contribution in [1.29, 1.82) is 0 Å². The van der Waals surface area contributed by atoms with Gasteiger partial charge in [-0.05, 0) is 30.5 Å². The molecule has 0 aliphatic heterocycles. The highest BCUT2D eigenvalue weighted by Gasteiger charge is 2.27. The van der Waals surface area contributed by atoms with Crippen molar-refractivity contribution in [3.63, 3.8) is 0 Å². The number of nitro groups is 1. The Morgan fingerprint density at radius 3 is 2.64 bits per heavy atom. The van der Waals surface area contributed by atoms with Crippen molar-refractivity contribution in [2.24, 2.45) is 0 Å². The molecule has 1 aromatic rings. The first-order valence-corrected chi connectivity index (χ1v) is 4.54. The van der Waals surface area contributed by atoms with Crippen molar-refractivity contribution in [2.45, 2.75) is 20.3 Å². The molecule has 2 rings (SSSR count). The zero-order chi connectivity index (χ0) is 10.3. The van der Waals surface area contributed by atoms with Crippen LogP contribution in [0.1, 0.15) is 23.6 Å². The van der Waals surface area contributed by atoms with Crippen molar-refractivity contribution >= 4 is 5.57 Å². The second-order valence-corrected chi connectivity index (χ2v) is 3.61. The molecule has 3 nitrogen and oxygen atoms in total. The molecule has 0 radical (unpaired) electrons. The lowest BCUT2D eigenvalue weighted by molar-refractivity contribution is -0.425. The number of nitrogens with zero attached hydrogens (tertiary/aromatic N) is 1. The highest BCUT2D eigenvalue weighted by atomic mass is 16.6. The van der Waals surface area contributed by atoms with Crippen LogP contribution in [-0.2, 0) is 6.42 Å². The lowest BCUT2D eigenvalue weighted by Crippen LogP contribution is -1.99. The van der Waals surface area contributed by atoms with Crippen molar-refractivity contribution in [1.82, 2.24) is 0 Å². The first-order chi connectivity index (χ1) is 6.61. The molecule has 1 aliphatic rings. The minimum Gasteiger partial charge on any atom is -0.259 e. The summed E-state index contributed by atoms with van der Waals surface area (Å²) < 4.78 is 0. The molecule has 0 saturated heterocycles. The number of hydrogen-bond acceptors (Lipinski definition) is 2. The average Bonchev–Trinajstić information content (AvgIpc) is 2.46. The average molecular weight is 189 g/mol. The summed E-state index contributed by atoms with van der Waals surface area (Å²) in [6.07, 6.45) is 0.473. The molecule has 72 valence electrons. The molecule has 3 heteroatoms. The van der Waals surface area contributed by atoms with Crippen LogP contribution in [-0.4, -0.2) is 4.92 Å². The van der Waals surface area contributed by atoms with Gasteiger partial charge in [0.15, 0.2) is 0 Å². The summed E-state index contributed by atoms with van der Waals surface area (Å²) in [5.41, 5.74) is 4.44. The minimum absolute atomic E-state index is 0.269. The van der Waals surface area contributed by atoms with E-state index in [2.05, 4.69) is 0 Å². The van der Waals surface area contributed by atoms with Crippen LogP contribution in [0.2, 0.25) is 0 Å². The van der Waals surface area contributed by atoms with E-state index in [9.17, 15) is 10.1 Å². The lowest BCUT2D eigenvalue weighted by Gasteiger charge is -2.02. The van der Waals surface area contributed by atoms with Gasteiger partial charge in [-0.3, -0.25) is 10.1 Å². The van der Waals surface area contributed by atoms with Crippen LogP contribution in [0.25, 0.3) is 5.57 Å². The molecule has 0 fully saturated rings. The molecule has 0 heterocycles. The highest BCUT2D eigenvalue weighted by Crippen LogP contribution is 2.34. The summed E-state index contributed by atoms with van der Waals surface area (Å²) >= 11 is 0. The lowest BCUT2D eigenvalue weighted by atomic mass is 10.0. The second kappa shape index (κ2) is 2.94. The van der Waals surface area contributed by atoms with Gasteiger partial charge in [0, 0.05) is 5.57 Å². The molecular weight excluding hydrogens is 178 g/mol. The fraction of sp³-hybridized carbons (Fsp3) is 0.273. The third kappa shape index (κ3) is 1.13. The Balaban J connectivity index is 2.58. The minimum atomic E-state index is -0.269. The second-order valence-electron chi connectivity index (χ2n) is 3.61. The first-order valence-electron chi connectivity index (χ1n) is 4.54. The normalized spacial score (nSPS) is 14.4. The van der Waals surface area contributed by atoms with Crippen molar-refractivity contribution in [3.05, 3.63) is 50.7 Å². The summed E-state index contributed by atoms with van der Waals surface area (Å²) in [6.45, 7) is 3.82. The third-order valence-electron chi connectivity index (χ3n) is 2.81. The van der Waals surface area contributed by atoms with Crippen LogP contribution in [0, 0.1) is 17.0 Å². The van der Waals surface area contributed by atoms with Crippen molar-refractivity contribution in [2.75, 3.05) is 0 Å². The smallest absolute Gasteiger partial charge is 0.254 e. The summed E-state index contributed by atoms with van der Waals surface area (Å²) in [6, 6.07) is 5.89. The Morgan fingerprint density at radius 2 is 2.07 bits per heavy atom. The number of rotatable bonds is 1. The molecule has 0 unspecified atom stereocenters. The third-order valence-corrected chi connectivity index (χ3v) is 2.81. The number of aryl methyl sites for hydroxylation is 1. The SMILES string of the molecule is CC1=C([N+](=O)[O-])Cc2c(C)cccc21. The van der Waals surface area contributed by atoms with Gasteiger partial charge in [-0.25, -0.2) is 0 Å². The molecule has 0 N–H and O–H groups in total. The van der Waals surface area contributed by atoms with E-state index in [1.54, 1.807) is 0 Å². The summed E-state index contributed by atoms with van der Waals surface area (Å²) in [7, 11) is 0. The van der Waals surface area contributed by atoms with Gasteiger partial charge >= 0.3 is 0 Å². The van der Waals surface area contributed by atoms with Gasteiger partial charge in [0.1, 0.15) is 0 Å². The fourth-order valence-corrected chi connectivity index (χ4v) is 1.95. The Labute approximate surface area is 82.2 Å². The van der Waals surface area contributed by atoms with Crippen molar-refractivity contribution in [3.8, 4) is 0 Å². The number of allylic oxidation sites excluding steroid dienone is 2. The molecule has 1 aromatic carbocycles. The van der Waals surface area contributed by atoms with Crippen LogP contribution < -0.4 is 0 Å². The number of fused-ring (bicyclic) bond motifs is 1. The Morgan fingerprint density at radius 1 is 1.36 bits per heavy atom. The molecule has 1 aliphatic carbocycles. The van der Waals surface area contributed by atoms with Gasteiger partial charge in [0.2, 0.25) is 0 Å². The maximum atomic E-state index is 10.7. The largest absolute Gasteiger partial charge is 0.259 e. The molecule has 0 spiro atoms. The van der Waals surface area contributed by atoms with Gasteiger partial charge in [-0.2, -0.15) is 0 Å². The standard InChI is InChI=1S/C11H11NO2/c1-7-4-3-5-9-8(2)11(12(13)14)6-10(7)9/h3-5H,6H2,1-2H3. The maximum absolute atomic E-state index is 10.7. The highest BCUT2D eigenvalue weighted by molar-refractivity contribution is 5.74. The Bertz CT molecular complexity index is 447. The summed E-state index contributed by atoms with van der Waals surface area (Å²) in [5, 5.41) is 10.7. The predicted molar refractivity (Wildman–Crippen MR) is 54.5 cm³/mol. The quantitative estimate of drug-likeness (QED) is 0.503. The zero-order valence-corrected chi connectivity index (χ0v) is 8.20. The Hall–Kier alpha value is -1.64. The molecule has 14 heavy (non-hydrogen) atoms. The van der Waals surface area contributed by atoms with E-state index in [1.165, 1.54) is 0 Å². The van der Waals surface area contributed by atoms with Gasteiger partial charge in [0.05, 0.1) is 11.3 Å². The van der Waals surface area contributed by atoms with E-state index in [0.29, 0.717) is 12.1 Å². The number of benzene rings is 1. The van der Waals surface area contributed by atoms with Crippen LogP contribution in [0.4, 0.5) is 0 Å². The number of hydrogen-bond donors (Lipinski definition) is 0. The predicted octanol–water partition coefficient (Wildman–Crippen LogP) is 2.56. The van der Waals surface area contributed by atoms with Gasteiger partial charge in [0.25, 0.3) is 5.70 Å². The van der Waals surface area contributed by atoms with Gasteiger partial charge < -0.3 is 0 Å². The van der Waals surface area contributed by atoms with E-state index in [1.807, 2.05) is 32.0 Å². The zero-order valence-electron chi connectivity index (χ0n) is 8.20. The van der Waals surface area contributed by atoms with E-state index in [-0.39, 0.29) is 4.92 Å².